The molecule has 35 valence electrons. The van der Waals surface area contributed by atoms with Gasteiger partial charge in [-0.15, -0.1) is 0 Å². The fourth-order valence-corrected chi connectivity index (χ4v) is 0.192. The Labute approximate surface area is 49.3 Å². The average Bonchev–Trinajstić information content (AvgIpc) is 1.76. The minimum atomic E-state index is 0. The van der Waals surface area contributed by atoms with Crippen LogP contribution in [-0.4, -0.2) is 5.10 Å². The predicted molar refractivity (Wildman–Crippen MR) is 17.6 cm³/mol. The van der Waals surface area contributed by atoms with Gasteiger partial charge in [-0.25, -0.2) is 0 Å². The molecule has 1 aromatic heterocycles. The van der Waals surface area contributed by atoms with Crippen LogP contribution in [0.1, 0.15) is 0 Å². The van der Waals surface area contributed by atoms with E-state index in [1.807, 2.05) is 0 Å². The molecule has 1 heterocycles. The SMILES string of the molecule is [Ir].c1cn[n-]c1. The first-order chi connectivity index (χ1) is 2.50. The van der Waals surface area contributed by atoms with Crippen LogP contribution >= 0.6 is 0 Å². The third-order valence-corrected chi connectivity index (χ3v) is 0.372. The van der Waals surface area contributed by atoms with Gasteiger partial charge in [-0.1, -0.05) is 6.07 Å². The van der Waals surface area contributed by atoms with Gasteiger partial charge < -0.3 is 10.2 Å². The fourth-order valence-electron chi connectivity index (χ4n) is 0.192. The van der Waals surface area contributed by atoms with Gasteiger partial charge in [0.2, 0.25) is 0 Å². The van der Waals surface area contributed by atoms with E-state index >= 15 is 0 Å². The van der Waals surface area contributed by atoms with Crippen LogP contribution in [0.5, 0.6) is 0 Å². The molecule has 0 N–H and O–H groups in total. The number of rotatable bonds is 0. The fraction of sp³-hybridized carbons (Fsp3) is 0. The van der Waals surface area contributed by atoms with Crippen molar-refractivity contribution in [1.82, 2.24) is 10.2 Å². The van der Waals surface area contributed by atoms with Crippen molar-refractivity contribution < 1.29 is 20.1 Å². The van der Waals surface area contributed by atoms with Crippen molar-refractivity contribution in [1.29, 1.82) is 0 Å². The van der Waals surface area contributed by atoms with Gasteiger partial charge in [0, 0.05) is 26.3 Å². The Hall–Kier alpha value is -0.141. The molecule has 1 aromatic rings. The second kappa shape index (κ2) is 3.07. The third-order valence-electron chi connectivity index (χ3n) is 0.372. The van der Waals surface area contributed by atoms with Crippen LogP contribution in [0.4, 0.5) is 0 Å². The molecule has 0 aliphatic rings. The minimum absolute atomic E-state index is 0. The summed E-state index contributed by atoms with van der Waals surface area (Å²) in [5.74, 6) is 0. The largest absolute Gasteiger partial charge is 0.582 e. The molecule has 0 aliphatic heterocycles. The van der Waals surface area contributed by atoms with Gasteiger partial charge in [-0.3, -0.25) is 0 Å². The maximum atomic E-state index is 3.47. The molecule has 0 atom stereocenters. The second-order valence-electron chi connectivity index (χ2n) is 0.722. The molecule has 0 saturated carbocycles. The van der Waals surface area contributed by atoms with E-state index in [1.54, 1.807) is 18.5 Å². The van der Waals surface area contributed by atoms with Crippen molar-refractivity contribution in [2.24, 2.45) is 0 Å². The summed E-state index contributed by atoms with van der Waals surface area (Å²) in [7, 11) is 0. The Morgan fingerprint density at radius 1 is 1.50 bits per heavy atom. The summed E-state index contributed by atoms with van der Waals surface area (Å²) in [6.07, 6.45) is 3.28. The van der Waals surface area contributed by atoms with Gasteiger partial charge in [0.05, 0.1) is 0 Å². The number of nitrogens with zero attached hydrogens (tertiary/aromatic N) is 2. The van der Waals surface area contributed by atoms with Crippen molar-refractivity contribution in [3.8, 4) is 0 Å². The van der Waals surface area contributed by atoms with Gasteiger partial charge in [0.25, 0.3) is 0 Å². The zero-order valence-corrected chi connectivity index (χ0v) is 5.35. The van der Waals surface area contributed by atoms with Crippen molar-refractivity contribution in [2.75, 3.05) is 0 Å². The molecule has 0 amide bonds. The number of hydrogen-bond donors (Lipinski definition) is 0. The Kier molecular flexibility index (Phi) is 2.99. The van der Waals surface area contributed by atoms with E-state index in [2.05, 4.69) is 10.2 Å². The smallest absolute Gasteiger partial charge is 0.00194 e. The summed E-state index contributed by atoms with van der Waals surface area (Å²) in [6.45, 7) is 0. The van der Waals surface area contributed by atoms with E-state index in [9.17, 15) is 0 Å². The van der Waals surface area contributed by atoms with E-state index in [-0.39, 0.29) is 20.1 Å². The predicted octanol–water partition coefficient (Wildman–Crippen LogP) is 0.0363. The normalized spacial score (nSPS) is 6.67. The Bertz CT molecular complexity index is 65.3. The van der Waals surface area contributed by atoms with Gasteiger partial charge in [-0.05, 0) is 0 Å². The topological polar surface area (TPSA) is 27.0 Å². The maximum Gasteiger partial charge on any atom is 0.00194 e. The Balaban J connectivity index is 0.000000250. The molecule has 6 heavy (non-hydrogen) atoms. The molecule has 3 heteroatoms. The van der Waals surface area contributed by atoms with Crippen LogP contribution < -0.4 is 5.10 Å². The molecule has 1 rings (SSSR count). The van der Waals surface area contributed by atoms with Crippen molar-refractivity contribution in [3.05, 3.63) is 18.5 Å². The molecule has 0 aliphatic carbocycles. The van der Waals surface area contributed by atoms with Gasteiger partial charge in [-0.2, -0.15) is 6.20 Å². The summed E-state index contributed by atoms with van der Waals surface area (Å²) in [4.78, 5) is 0. The standard InChI is InChI=1S/C3H3N2.Ir/c1-2-4-5-3-1;/h1-3H;/q-1;. The summed E-state index contributed by atoms with van der Waals surface area (Å²) >= 11 is 0. The van der Waals surface area contributed by atoms with E-state index in [0.29, 0.717) is 0 Å². The Morgan fingerprint density at radius 2 is 2.33 bits per heavy atom. The first-order valence-electron chi connectivity index (χ1n) is 1.38. The third kappa shape index (κ3) is 1.34. The average molecular weight is 259 g/mol. The molecule has 0 unspecified atom stereocenters. The summed E-state index contributed by atoms with van der Waals surface area (Å²) < 4.78 is 0. The van der Waals surface area contributed by atoms with E-state index in [0.717, 1.165) is 0 Å². The summed E-state index contributed by atoms with van der Waals surface area (Å²) in [5, 5.41) is 6.94. The molecule has 0 bridgehead atoms. The van der Waals surface area contributed by atoms with Crippen LogP contribution in [-0.2, 0) is 20.1 Å². The molecule has 1 radical (unpaired) electrons. The van der Waals surface area contributed by atoms with Crippen LogP contribution in [0.3, 0.4) is 0 Å². The van der Waals surface area contributed by atoms with Gasteiger partial charge in [0.15, 0.2) is 0 Å². The first-order valence-corrected chi connectivity index (χ1v) is 1.38. The molecule has 0 spiro atoms. The van der Waals surface area contributed by atoms with Crippen molar-refractivity contribution in [2.45, 2.75) is 0 Å². The maximum absolute atomic E-state index is 3.47. The van der Waals surface area contributed by atoms with Crippen LogP contribution in [0.25, 0.3) is 0 Å². The molecular formula is C3H3IrN2-. The Morgan fingerprint density at radius 3 is 2.50 bits per heavy atom. The van der Waals surface area contributed by atoms with Crippen LogP contribution in [0.2, 0.25) is 0 Å². The second-order valence-corrected chi connectivity index (χ2v) is 0.722. The van der Waals surface area contributed by atoms with Gasteiger partial charge in [0.1, 0.15) is 0 Å². The zero-order chi connectivity index (χ0) is 3.54. The van der Waals surface area contributed by atoms with Crippen molar-refractivity contribution >= 4 is 0 Å². The molecular weight excluding hydrogens is 256 g/mol. The molecule has 0 fully saturated rings. The van der Waals surface area contributed by atoms with E-state index in [4.69, 9.17) is 0 Å². The van der Waals surface area contributed by atoms with Gasteiger partial charge >= 0.3 is 0 Å². The van der Waals surface area contributed by atoms with Crippen LogP contribution in [0, 0.1) is 0 Å². The van der Waals surface area contributed by atoms with Crippen molar-refractivity contribution in [3.63, 3.8) is 0 Å². The monoisotopic (exact) mass is 260 g/mol. The minimum Gasteiger partial charge on any atom is -0.582 e. The molecule has 0 saturated heterocycles. The molecule has 0 aromatic carbocycles. The zero-order valence-electron chi connectivity index (χ0n) is 2.96. The van der Waals surface area contributed by atoms with Crippen LogP contribution in [0.15, 0.2) is 18.5 Å². The molecule has 2 nitrogen and oxygen atoms in total. The van der Waals surface area contributed by atoms with E-state index in [1.165, 1.54) is 0 Å². The number of aromatic nitrogens is 2. The first kappa shape index (κ1) is 5.86. The van der Waals surface area contributed by atoms with E-state index < -0.39 is 0 Å². The summed E-state index contributed by atoms with van der Waals surface area (Å²) in [6, 6.07) is 1.78. The summed E-state index contributed by atoms with van der Waals surface area (Å²) in [5.41, 5.74) is 0. The quantitative estimate of drug-likeness (QED) is 0.657. The number of hydrogen-bond acceptors (Lipinski definition) is 1.